The van der Waals surface area contributed by atoms with E-state index in [1.807, 2.05) is 42.5 Å². The molecule has 2 aromatic carbocycles. The third-order valence-corrected chi connectivity index (χ3v) is 3.31. The van der Waals surface area contributed by atoms with Gasteiger partial charge in [0.2, 0.25) is 5.91 Å². The molecule has 120 valence electrons. The molecule has 0 aliphatic heterocycles. The molecule has 0 atom stereocenters. The number of hydrogen-bond donors (Lipinski definition) is 1. The molecule has 4 heteroatoms. The molecule has 0 aliphatic carbocycles. The molecule has 0 bridgehead atoms. The number of anilines is 1. The summed E-state index contributed by atoms with van der Waals surface area (Å²) in [5.41, 5.74) is 1.81. The predicted molar refractivity (Wildman–Crippen MR) is 93.6 cm³/mol. The van der Waals surface area contributed by atoms with Crippen LogP contribution in [0.25, 0.3) is 6.08 Å². The van der Waals surface area contributed by atoms with Crippen molar-refractivity contribution < 1.29 is 13.9 Å². The van der Waals surface area contributed by atoms with Gasteiger partial charge in [0.15, 0.2) is 0 Å². The Balaban J connectivity index is 1.51. The zero-order valence-corrected chi connectivity index (χ0v) is 13.0. The largest absolute Gasteiger partial charge is 0.489 e. The van der Waals surface area contributed by atoms with Gasteiger partial charge in [0.25, 0.3) is 0 Å². The van der Waals surface area contributed by atoms with Crippen LogP contribution in [0.4, 0.5) is 5.69 Å². The van der Waals surface area contributed by atoms with Gasteiger partial charge in [0.05, 0.1) is 6.26 Å². The van der Waals surface area contributed by atoms with Crippen molar-refractivity contribution in [2.75, 3.05) is 5.32 Å². The highest BCUT2D eigenvalue weighted by atomic mass is 16.5. The van der Waals surface area contributed by atoms with Crippen LogP contribution >= 0.6 is 0 Å². The van der Waals surface area contributed by atoms with Crippen molar-refractivity contribution >= 4 is 17.7 Å². The lowest BCUT2D eigenvalue weighted by Gasteiger charge is -2.07. The van der Waals surface area contributed by atoms with Crippen LogP contribution in [0.3, 0.4) is 0 Å². The molecule has 0 fully saturated rings. The van der Waals surface area contributed by atoms with E-state index in [1.165, 1.54) is 6.08 Å². The van der Waals surface area contributed by atoms with Crippen LogP contribution in [0.1, 0.15) is 11.3 Å². The molecule has 1 aromatic heterocycles. The summed E-state index contributed by atoms with van der Waals surface area (Å²) in [4.78, 5) is 11.8. The molecule has 4 nitrogen and oxygen atoms in total. The molecule has 0 aliphatic rings. The van der Waals surface area contributed by atoms with Gasteiger partial charge in [0, 0.05) is 11.8 Å². The van der Waals surface area contributed by atoms with Crippen molar-refractivity contribution in [3.8, 4) is 5.75 Å². The first kappa shape index (κ1) is 15.6. The highest BCUT2D eigenvalue weighted by Crippen LogP contribution is 2.17. The van der Waals surface area contributed by atoms with Gasteiger partial charge in [-0.3, -0.25) is 4.79 Å². The monoisotopic (exact) mass is 319 g/mol. The molecule has 0 spiro atoms. The Morgan fingerprint density at radius 1 is 1.00 bits per heavy atom. The van der Waals surface area contributed by atoms with E-state index in [-0.39, 0.29) is 5.91 Å². The fourth-order valence-corrected chi connectivity index (χ4v) is 2.10. The molecule has 0 saturated heterocycles. The first-order chi connectivity index (χ1) is 11.8. The van der Waals surface area contributed by atoms with Crippen molar-refractivity contribution in [1.82, 2.24) is 0 Å². The molecule has 0 saturated carbocycles. The fourth-order valence-electron chi connectivity index (χ4n) is 2.10. The maximum atomic E-state index is 11.8. The molecule has 1 N–H and O–H groups in total. The summed E-state index contributed by atoms with van der Waals surface area (Å²) in [6.45, 7) is 0.512. The van der Waals surface area contributed by atoms with Gasteiger partial charge in [-0.05, 0) is 48.0 Å². The zero-order valence-electron chi connectivity index (χ0n) is 13.0. The maximum absolute atomic E-state index is 11.8. The SMILES string of the molecule is O=C(C=Cc1ccco1)Nc1ccc(OCc2ccccc2)cc1. The van der Waals surface area contributed by atoms with Crippen LogP contribution in [-0.4, -0.2) is 5.91 Å². The van der Waals surface area contributed by atoms with Gasteiger partial charge in [-0.1, -0.05) is 30.3 Å². The smallest absolute Gasteiger partial charge is 0.248 e. The summed E-state index contributed by atoms with van der Waals surface area (Å²) < 4.78 is 10.8. The summed E-state index contributed by atoms with van der Waals surface area (Å²) in [6, 6.07) is 20.8. The minimum atomic E-state index is -0.218. The van der Waals surface area contributed by atoms with Gasteiger partial charge in [-0.25, -0.2) is 0 Å². The van der Waals surface area contributed by atoms with Crippen LogP contribution in [-0.2, 0) is 11.4 Å². The van der Waals surface area contributed by atoms with Crippen LogP contribution < -0.4 is 10.1 Å². The molecule has 0 unspecified atom stereocenters. The number of ether oxygens (including phenoxy) is 1. The fraction of sp³-hybridized carbons (Fsp3) is 0.0500. The molecule has 24 heavy (non-hydrogen) atoms. The summed E-state index contributed by atoms with van der Waals surface area (Å²) in [6.07, 6.45) is 4.61. The second-order valence-electron chi connectivity index (χ2n) is 5.14. The van der Waals surface area contributed by atoms with Crippen LogP contribution in [0.15, 0.2) is 83.5 Å². The van der Waals surface area contributed by atoms with E-state index in [9.17, 15) is 4.79 Å². The van der Waals surface area contributed by atoms with Gasteiger partial charge >= 0.3 is 0 Å². The summed E-state index contributed by atoms with van der Waals surface area (Å²) in [7, 11) is 0. The van der Waals surface area contributed by atoms with Gasteiger partial charge in [-0.15, -0.1) is 0 Å². The second kappa shape index (κ2) is 7.83. The van der Waals surface area contributed by atoms with Crippen molar-refractivity contribution in [1.29, 1.82) is 0 Å². The van der Waals surface area contributed by atoms with E-state index < -0.39 is 0 Å². The number of carbonyl (C=O) groups is 1. The topological polar surface area (TPSA) is 51.5 Å². The van der Waals surface area contributed by atoms with Crippen molar-refractivity contribution in [2.45, 2.75) is 6.61 Å². The van der Waals surface area contributed by atoms with Gasteiger partial charge < -0.3 is 14.5 Å². The summed E-state index contributed by atoms with van der Waals surface area (Å²) in [5.74, 6) is 1.17. The Labute approximate surface area is 140 Å². The first-order valence-electron chi connectivity index (χ1n) is 7.59. The Hall–Kier alpha value is -3.27. The van der Waals surface area contributed by atoms with Crippen molar-refractivity contribution in [3.05, 3.63) is 90.4 Å². The molecular weight excluding hydrogens is 302 g/mol. The standard InChI is InChI=1S/C20H17NO3/c22-20(13-12-18-7-4-14-23-18)21-17-8-10-19(11-9-17)24-15-16-5-2-1-3-6-16/h1-14H,15H2,(H,21,22). The average Bonchev–Trinajstić information content (AvgIpc) is 3.14. The number of furan rings is 1. The van der Waals surface area contributed by atoms with Crippen molar-refractivity contribution in [3.63, 3.8) is 0 Å². The average molecular weight is 319 g/mol. The van der Waals surface area contributed by atoms with E-state index in [1.54, 1.807) is 36.6 Å². The lowest BCUT2D eigenvalue weighted by Crippen LogP contribution is -2.07. The molecular formula is C20H17NO3. The first-order valence-corrected chi connectivity index (χ1v) is 7.59. The second-order valence-corrected chi connectivity index (χ2v) is 5.14. The third kappa shape index (κ3) is 4.61. The lowest BCUT2D eigenvalue weighted by atomic mass is 10.2. The van der Waals surface area contributed by atoms with E-state index >= 15 is 0 Å². The predicted octanol–water partition coefficient (Wildman–Crippen LogP) is 4.51. The van der Waals surface area contributed by atoms with Crippen LogP contribution in [0.5, 0.6) is 5.75 Å². The highest BCUT2D eigenvalue weighted by molar-refractivity contribution is 6.01. The Bertz CT molecular complexity index is 791. The van der Waals surface area contributed by atoms with Crippen LogP contribution in [0, 0.1) is 0 Å². The number of hydrogen-bond acceptors (Lipinski definition) is 3. The Kier molecular flexibility index (Phi) is 5.10. The third-order valence-electron chi connectivity index (χ3n) is 3.31. The zero-order chi connectivity index (χ0) is 16.6. The summed E-state index contributed by atoms with van der Waals surface area (Å²) in [5, 5.41) is 2.78. The van der Waals surface area contributed by atoms with E-state index in [4.69, 9.17) is 9.15 Å². The molecule has 3 aromatic rings. The normalized spacial score (nSPS) is 10.7. The molecule has 1 heterocycles. The van der Waals surface area contributed by atoms with Gasteiger partial charge in [0.1, 0.15) is 18.1 Å². The summed E-state index contributed by atoms with van der Waals surface area (Å²) >= 11 is 0. The van der Waals surface area contributed by atoms with E-state index in [2.05, 4.69) is 5.32 Å². The number of rotatable bonds is 6. The van der Waals surface area contributed by atoms with E-state index in [0.29, 0.717) is 18.1 Å². The Morgan fingerprint density at radius 3 is 2.50 bits per heavy atom. The minimum Gasteiger partial charge on any atom is -0.489 e. The minimum absolute atomic E-state index is 0.218. The number of amides is 1. The number of carbonyl (C=O) groups excluding carboxylic acids is 1. The molecule has 1 amide bonds. The molecule has 3 rings (SSSR count). The quantitative estimate of drug-likeness (QED) is 0.680. The number of nitrogens with one attached hydrogen (secondary N) is 1. The highest BCUT2D eigenvalue weighted by Gasteiger charge is 2.00. The van der Waals surface area contributed by atoms with E-state index in [0.717, 1.165) is 11.3 Å². The van der Waals surface area contributed by atoms with Gasteiger partial charge in [-0.2, -0.15) is 0 Å². The lowest BCUT2D eigenvalue weighted by molar-refractivity contribution is -0.111. The van der Waals surface area contributed by atoms with Crippen LogP contribution in [0.2, 0.25) is 0 Å². The maximum Gasteiger partial charge on any atom is 0.248 e. The Morgan fingerprint density at radius 2 is 1.79 bits per heavy atom. The molecule has 0 radical (unpaired) electrons. The number of benzene rings is 2. The van der Waals surface area contributed by atoms with Crippen molar-refractivity contribution in [2.24, 2.45) is 0 Å².